The van der Waals surface area contributed by atoms with Gasteiger partial charge in [-0.15, -0.1) is 0 Å². The van der Waals surface area contributed by atoms with Crippen molar-refractivity contribution in [1.82, 2.24) is 24.6 Å². The van der Waals surface area contributed by atoms with E-state index in [1.807, 2.05) is 0 Å². The van der Waals surface area contributed by atoms with Gasteiger partial charge >= 0.3 is 12.6 Å². The summed E-state index contributed by atoms with van der Waals surface area (Å²) in [6, 6.07) is 7.75. The molecule has 0 amide bonds. The van der Waals surface area contributed by atoms with E-state index in [4.69, 9.17) is 40.8 Å². The van der Waals surface area contributed by atoms with Gasteiger partial charge in [0.2, 0.25) is 11.8 Å². The number of benzene rings is 1. The third-order valence-electron chi connectivity index (χ3n) is 6.09. The van der Waals surface area contributed by atoms with Gasteiger partial charge in [-0.3, -0.25) is 9.36 Å². The van der Waals surface area contributed by atoms with Crippen molar-refractivity contribution in [3.63, 3.8) is 0 Å². The zero-order valence-corrected chi connectivity index (χ0v) is 25.0. The Kier molecular flexibility index (Phi) is 9.46. The normalized spacial score (nSPS) is 24.7. The first kappa shape index (κ1) is 31.0. The zero-order chi connectivity index (χ0) is 29.9. The van der Waals surface area contributed by atoms with Gasteiger partial charge in [-0.25, -0.2) is 14.5 Å². The second kappa shape index (κ2) is 12.5. The van der Waals surface area contributed by atoms with Crippen LogP contribution in [0.5, 0.6) is 11.6 Å². The number of esters is 1. The van der Waals surface area contributed by atoms with Crippen molar-refractivity contribution in [1.29, 1.82) is 0 Å². The molecule has 0 radical (unpaired) electrons. The van der Waals surface area contributed by atoms with E-state index < -0.39 is 42.8 Å². The molecule has 13 nitrogen and oxygen atoms in total. The van der Waals surface area contributed by atoms with Crippen molar-refractivity contribution in [2.45, 2.75) is 70.9 Å². The summed E-state index contributed by atoms with van der Waals surface area (Å²) in [4.78, 5) is 25.0. The highest BCUT2D eigenvalue weighted by Gasteiger charge is 2.56. The number of ether oxygens (including phenoxy) is 3. The molecule has 0 bridgehead atoms. The molecule has 1 saturated heterocycles. The van der Waals surface area contributed by atoms with E-state index in [2.05, 4.69) is 20.0 Å². The number of halogens is 1. The molecule has 41 heavy (non-hydrogen) atoms. The molecule has 0 saturated carbocycles. The molecular weight excluding hydrogens is 578 g/mol. The fraction of sp³-hybridized carbons (Fsp3) is 0.520. The number of hydrogen-bond acceptors (Lipinski definition) is 12. The summed E-state index contributed by atoms with van der Waals surface area (Å²) < 4.78 is 46.0. The van der Waals surface area contributed by atoms with Gasteiger partial charge in [-0.05, 0) is 58.6 Å². The Morgan fingerprint density at radius 3 is 2.68 bits per heavy atom. The molecule has 3 heterocycles. The number of aliphatic hydroxyl groups is 1. The second-order valence-corrected chi connectivity index (χ2v) is 12.9. The zero-order valence-electron chi connectivity index (χ0n) is 23.3. The van der Waals surface area contributed by atoms with Crippen molar-refractivity contribution < 1.29 is 37.5 Å². The first-order valence-electron chi connectivity index (χ1n) is 13.0. The quantitative estimate of drug-likeness (QED) is 0.202. The summed E-state index contributed by atoms with van der Waals surface area (Å²) >= 11 is 5.71. The molecule has 1 fully saturated rings. The first-order chi connectivity index (χ1) is 19.3. The number of nitrogens with one attached hydrogen (secondary N) is 1. The van der Waals surface area contributed by atoms with Crippen molar-refractivity contribution >= 4 is 41.5 Å². The van der Waals surface area contributed by atoms with Gasteiger partial charge in [0.05, 0.1) is 25.6 Å². The fourth-order valence-electron chi connectivity index (χ4n) is 4.17. The lowest BCUT2D eigenvalue weighted by atomic mass is 9.98. The maximum absolute atomic E-state index is 16.1. The van der Waals surface area contributed by atoms with Gasteiger partial charge in [-0.1, -0.05) is 18.2 Å². The second-order valence-electron chi connectivity index (χ2n) is 9.80. The van der Waals surface area contributed by atoms with Crippen LogP contribution in [0.25, 0.3) is 11.2 Å². The summed E-state index contributed by atoms with van der Waals surface area (Å²) in [6.45, 7) is 4.45. The Labute approximate surface area is 241 Å². The lowest BCUT2D eigenvalue weighted by Gasteiger charge is -2.28. The van der Waals surface area contributed by atoms with Crippen LogP contribution in [0.15, 0.2) is 36.7 Å². The van der Waals surface area contributed by atoms with Crippen LogP contribution in [0.3, 0.4) is 0 Å². The maximum atomic E-state index is 16.1. The third-order valence-corrected chi connectivity index (χ3v) is 8.59. The van der Waals surface area contributed by atoms with Crippen molar-refractivity contribution in [2.75, 3.05) is 18.9 Å². The summed E-state index contributed by atoms with van der Waals surface area (Å²) in [5.74, 6) is -0.122. The average Bonchev–Trinajstić information content (AvgIpc) is 3.41. The highest BCUT2D eigenvalue weighted by atomic mass is 32.5. The fourth-order valence-corrected chi connectivity index (χ4v) is 6.59. The maximum Gasteiger partial charge on any atom is 0.323 e. The Morgan fingerprint density at radius 2 is 2.02 bits per heavy atom. The number of nitrogens with zero attached hydrogens (tertiary/aromatic N) is 4. The minimum atomic E-state index is -3.46. The lowest BCUT2D eigenvalue weighted by Crippen LogP contribution is -2.41. The smallest absolute Gasteiger partial charge is 0.323 e. The van der Waals surface area contributed by atoms with E-state index >= 15 is 4.39 Å². The number of hydrogen-bond donors (Lipinski definition) is 3. The largest absolute Gasteiger partial charge is 0.476 e. The van der Waals surface area contributed by atoms with Gasteiger partial charge in [0.25, 0.3) is 0 Å². The number of anilines is 1. The number of nitrogen functional groups attached to an aromatic ring is 1. The van der Waals surface area contributed by atoms with Crippen LogP contribution in [0.4, 0.5) is 10.3 Å². The molecule has 1 aliphatic heterocycles. The molecular formula is C25H34FN6O7PS. The van der Waals surface area contributed by atoms with Crippen LogP contribution in [0.2, 0.25) is 0 Å². The number of aromatic nitrogens is 4. The number of para-hydroxylation sites is 1. The number of aliphatic hydroxyl groups excluding tert-OH is 1. The Morgan fingerprint density at radius 1 is 1.32 bits per heavy atom. The van der Waals surface area contributed by atoms with Crippen molar-refractivity contribution in [2.24, 2.45) is 0 Å². The van der Waals surface area contributed by atoms with Crippen molar-refractivity contribution in [3.8, 4) is 11.6 Å². The van der Waals surface area contributed by atoms with E-state index in [-0.39, 0.29) is 35.7 Å². The van der Waals surface area contributed by atoms with Gasteiger partial charge in [0, 0.05) is 0 Å². The number of rotatable bonds is 12. The van der Waals surface area contributed by atoms with Crippen LogP contribution < -0.4 is 20.1 Å². The van der Waals surface area contributed by atoms with Gasteiger partial charge in [0.15, 0.2) is 23.1 Å². The standard InChI is InChI=1S/C25H34FN6O7PS/c1-6-35-21-18-20(29-24(27)30-21)32(13-28-18)23-25(5,26)19(33)17(38-23)12-36-40(41,39-16-10-8-7-9-11-16)31-15(4)22(34)37-14(2)3/h7-11,13-15,17,19,23,33H,6,12H2,1-5H3,(H,31,41)(H2,27,29,30)/t15-,17-,19-,23-,25-,40+/m1/s1. The highest BCUT2D eigenvalue weighted by molar-refractivity contribution is 8.09. The first-order valence-corrected chi connectivity index (χ1v) is 15.6. The molecule has 224 valence electrons. The van der Waals surface area contributed by atoms with E-state index in [0.717, 1.165) is 0 Å². The molecule has 1 aliphatic rings. The molecule has 1 aromatic carbocycles. The van der Waals surface area contributed by atoms with Gasteiger partial charge in [-0.2, -0.15) is 9.97 Å². The van der Waals surface area contributed by atoms with Crippen LogP contribution in [-0.4, -0.2) is 73.8 Å². The van der Waals surface area contributed by atoms with Gasteiger partial charge < -0.3 is 34.1 Å². The van der Waals surface area contributed by atoms with Gasteiger partial charge in [0.1, 0.15) is 24.0 Å². The predicted molar refractivity (Wildman–Crippen MR) is 151 cm³/mol. The Bertz CT molecular complexity index is 1410. The van der Waals surface area contributed by atoms with Crippen LogP contribution in [-0.2, 0) is 30.6 Å². The number of carbonyl (C=O) groups is 1. The van der Waals surface area contributed by atoms with E-state index in [9.17, 15) is 9.90 Å². The molecule has 3 aromatic rings. The molecule has 0 spiro atoms. The number of alkyl halides is 1. The van der Waals surface area contributed by atoms with Crippen LogP contribution in [0, 0.1) is 0 Å². The van der Waals surface area contributed by atoms with Crippen LogP contribution in [0.1, 0.15) is 40.8 Å². The van der Waals surface area contributed by atoms with E-state index in [1.165, 1.54) is 17.8 Å². The summed E-state index contributed by atoms with van der Waals surface area (Å²) in [7, 11) is 0. The number of fused-ring (bicyclic) bond motifs is 1. The number of nitrogens with two attached hydrogens (primary N) is 1. The van der Waals surface area contributed by atoms with E-state index in [0.29, 0.717) is 12.4 Å². The molecule has 4 N–H and O–H groups in total. The minimum Gasteiger partial charge on any atom is -0.476 e. The number of imidazole rings is 1. The Hall–Kier alpha value is -2.94. The predicted octanol–water partition coefficient (Wildman–Crippen LogP) is 3.04. The molecule has 16 heteroatoms. The topological polar surface area (TPSA) is 165 Å². The summed E-state index contributed by atoms with van der Waals surface area (Å²) in [6.07, 6.45) is -3.21. The third kappa shape index (κ3) is 6.93. The lowest BCUT2D eigenvalue weighted by molar-refractivity contribution is -0.149. The molecule has 0 unspecified atom stereocenters. The monoisotopic (exact) mass is 612 g/mol. The van der Waals surface area contributed by atoms with E-state index in [1.54, 1.807) is 58.0 Å². The minimum absolute atomic E-state index is 0.100. The molecule has 0 aliphatic carbocycles. The summed E-state index contributed by atoms with van der Waals surface area (Å²) in [5.41, 5.74) is 3.96. The van der Waals surface area contributed by atoms with Crippen LogP contribution >= 0.6 is 6.64 Å². The number of carbonyl (C=O) groups excluding carboxylic acids is 1. The molecule has 2 aromatic heterocycles. The summed E-state index contributed by atoms with van der Waals surface area (Å²) in [5, 5.41) is 13.9. The van der Waals surface area contributed by atoms with Crippen molar-refractivity contribution in [3.05, 3.63) is 36.7 Å². The molecule has 4 rings (SSSR count). The average molecular weight is 613 g/mol. The Balaban J connectivity index is 1.56. The SMILES string of the molecule is CCOc1nc(N)nc2c1ncn2[C@@H]1O[C@H](CO[P@@](=S)(N[C@H](C)C(=O)OC(C)C)Oc2ccccc2)[C@@H](O)[C@@]1(C)F. The highest BCUT2D eigenvalue weighted by Crippen LogP contribution is 2.48. The molecule has 6 atom stereocenters.